The summed E-state index contributed by atoms with van der Waals surface area (Å²) in [7, 11) is 0. The van der Waals surface area contributed by atoms with Gasteiger partial charge in [0.25, 0.3) is 5.91 Å². The van der Waals surface area contributed by atoms with Crippen LogP contribution in [0.1, 0.15) is 52.6 Å². The Bertz CT molecular complexity index is 875. The number of amides is 1. The summed E-state index contributed by atoms with van der Waals surface area (Å²) in [6.07, 6.45) is 1.02. The van der Waals surface area contributed by atoms with Crippen molar-refractivity contribution in [1.29, 1.82) is 0 Å². The van der Waals surface area contributed by atoms with Gasteiger partial charge in [0.05, 0.1) is 6.04 Å². The Morgan fingerprint density at radius 2 is 1.83 bits per heavy atom. The van der Waals surface area contributed by atoms with E-state index in [1.54, 1.807) is 0 Å². The number of hydrogen-bond donors (Lipinski definition) is 2. The second-order valence-electron chi connectivity index (χ2n) is 6.46. The first-order chi connectivity index (χ1) is 11.5. The van der Waals surface area contributed by atoms with Crippen LogP contribution >= 0.6 is 0 Å². The number of aromatic nitrogens is 1. The summed E-state index contributed by atoms with van der Waals surface area (Å²) < 4.78 is 0. The van der Waals surface area contributed by atoms with E-state index in [0.29, 0.717) is 5.69 Å². The molecule has 2 aromatic carbocycles. The van der Waals surface area contributed by atoms with Crippen LogP contribution < -0.4 is 5.32 Å². The highest BCUT2D eigenvalue weighted by Crippen LogP contribution is 2.23. The lowest BCUT2D eigenvalue weighted by Crippen LogP contribution is -2.27. The molecule has 1 unspecified atom stereocenters. The molecule has 1 heterocycles. The highest BCUT2D eigenvalue weighted by Gasteiger charge is 2.17. The van der Waals surface area contributed by atoms with Gasteiger partial charge in [-0.25, -0.2) is 0 Å². The van der Waals surface area contributed by atoms with Crippen molar-refractivity contribution >= 4 is 16.8 Å². The molecule has 124 valence electrons. The number of hydrogen-bond acceptors (Lipinski definition) is 1. The summed E-state index contributed by atoms with van der Waals surface area (Å²) in [4.78, 5) is 15.9. The summed E-state index contributed by atoms with van der Waals surface area (Å²) in [6.45, 7) is 8.21. The molecule has 3 heteroatoms. The molecule has 0 bridgehead atoms. The third-order valence-corrected chi connectivity index (χ3v) is 4.68. The zero-order valence-electron chi connectivity index (χ0n) is 14.7. The Hall–Kier alpha value is -2.55. The van der Waals surface area contributed by atoms with Crippen molar-refractivity contribution in [2.24, 2.45) is 0 Å². The number of carbonyl (C=O) groups excluding carboxylic acids is 1. The number of H-pyrrole nitrogens is 1. The molecule has 0 spiro atoms. The van der Waals surface area contributed by atoms with Crippen LogP contribution in [0.3, 0.4) is 0 Å². The molecule has 0 aliphatic carbocycles. The number of benzene rings is 2. The van der Waals surface area contributed by atoms with Crippen LogP contribution in [0.2, 0.25) is 0 Å². The van der Waals surface area contributed by atoms with Crippen molar-refractivity contribution in [3.8, 4) is 0 Å². The minimum Gasteiger partial charge on any atom is -0.350 e. The van der Waals surface area contributed by atoms with E-state index in [9.17, 15) is 4.79 Å². The maximum absolute atomic E-state index is 12.7. The number of rotatable bonds is 4. The van der Waals surface area contributed by atoms with Gasteiger partial charge in [-0.05, 0) is 56.0 Å². The Kier molecular flexibility index (Phi) is 4.43. The lowest BCUT2D eigenvalue weighted by Gasteiger charge is -2.14. The Morgan fingerprint density at radius 1 is 1.12 bits per heavy atom. The lowest BCUT2D eigenvalue weighted by molar-refractivity contribution is 0.0935. The molecule has 24 heavy (non-hydrogen) atoms. The van der Waals surface area contributed by atoms with Crippen LogP contribution in [0.5, 0.6) is 0 Å². The number of carbonyl (C=O) groups is 1. The molecule has 1 aromatic heterocycles. The smallest absolute Gasteiger partial charge is 0.268 e. The highest BCUT2D eigenvalue weighted by atomic mass is 16.1. The van der Waals surface area contributed by atoms with Crippen molar-refractivity contribution in [2.45, 2.75) is 40.2 Å². The predicted molar refractivity (Wildman–Crippen MR) is 99.5 cm³/mol. The first-order valence-corrected chi connectivity index (χ1v) is 8.48. The molecule has 2 N–H and O–H groups in total. The van der Waals surface area contributed by atoms with Gasteiger partial charge >= 0.3 is 0 Å². The minimum absolute atomic E-state index is 0.0315. The van der Waals surface area contributed by atoms with E-state index >= 15 is 0 Å². The van der Waals surface area contributed by atoms with Gasteiger partial charge in [0.2, 0.25) is 0 Å². The lowest BCUT2D eigenvalue weighted by atomic mass is 10.0. The second kappa shape index (κ2) is 6.52. The SMILES string of the molecule is CCc1ccc(C(C)NC(=O)c2[nH]c3ccc(C)cc3c2C)cc1. The third-order valence-electron chi connectivity index (χ3n) is 4.68. The summed E-state index contributed by atoms with van der Waals surface area (Å²) in [5.41, 5.74) is 6.26. The predicted octanol–water partition coefficient (Wildman–Crippen LogP) is 4.84. The van der Waals surface area contributed by atoms with Gasteiger partial charge in [-0.2, -0.15) is 0 Å². The standard InChI is InChI=1S/C21H24N2O/c1-5-16-7-9-17(10-8-16)15(4)22-21(24)20-14(3)18-12-13(2)6-11-19(18)23-20/h6-12,15,23H,5H2,1-4H3,(H,22,24). The molecule has 1 amide bonds. The van der Waals surface area contributed by atoms with Gasteiger partial charge in [0.15, 0.2) is 0 Å². The molecule has 0 fully saturated rings. The van der Waals surface area contributed by atoms with Crippen LogP contribution in [0.4, 0.5) is 0 Å². The molecule has 0 saturated carbocycles. The highest BCUT2D eigenvalue weighted by molar-refractivity contribution is 6.01. The van der Waals surface area contributed by atoms with E-state index in [1.807, 2.05) is 19.9 Å². The topological polar surface area (TPSA) is 44.9 Å². The second-order valence-corrected chi connectivity index (χ2v) is 6.46. The quantitative estimate of drug-likeness (QED) is 0.710. The van der Waals surface area contributed by atoms with Crippen molar-refractivity contribution < 1.29 is 4.79 Å². The average molecular weight is 320 g/mol. The molecule has 1 atom stereocenters. The third kappa shape index (κ3) is 3.07. The fraction of sp³-hybridized carbons (Fsp3) is 0.286. The molecule has 0 aliphatic rings. The summed E-state index contributed by atoms with van der Waals surface area (Å²) in [6, 6.07) is 14.6. The first-order valence-electron chi connectivity index (χ1n) is 8.48. The molecular formula is C21H24N2O. The van der Waals surface area contributed by atoms with Crippen LogP contribution in [-0.4, -0.2) is 10.9 Å². The van der Waals surface area contributed by atoms with Crippen LogP contribution in [0.25, 0.3) is 10.9 Å². The number of aromatic amines is 1. The number of fused-ring (bicyclic) bond motifs is 1. The minimum atomic E-state index is -0.0616. The van der Waals surface area contributed by atoms with Gasteiger partial charge < -0.3 is 10.3 Å². The summed E-state index contributed by atoms with van der Waals surface area (Å²) >= 11 is 0. The maximum atomic E-state index is 12.7. The van der Waals surface area contributed by atoms with E-state index in [1.165, 1.54) is 11.1 Å². The number of nitrogens with one attached hydrogen (secondary N) is 2. The molecule has 3 nitrogen and oxygen atoms in total. The number of aryl methyl sites for hydroxylation is 3. The van der Waals surface area contributed by atoms with Gasteiger partial charge in [-0.3, -0.25) is 4.79 Å². The van der Waals surface area contributed by atoms with E-state index < -0.39 is 0 Å². The van der Waals surface area contributed by atoms with Crippen LogP contribution in [-0.2, 0) is 6.42 Å². The van der Waals surface area contributed by atoms with E-state index in [0.717, 1.165) is 28.5 Å². The molecule has 0 radical (unpaired) electrons. The van der Waals surface area contributed by atoms with Gasteiger partial charge in [0, 0.05) is 10.9 Å². The van der Waals surface area contributed by atoms with Crippen molar-refractivity contribution in [1.82, 2.24) is 10.3 Å². The van der Waals surface area contributed by atoms with Gasteiger partial charge in [-0.1, -0.05) is 42.8 Å². The largest absolute Gasteiger partial charge is 0.350 e. The monoisotopic (exact) mass is 320 g/mol. The fourth-order valence-electron chi connectivity index (χ4n) is 3.06. The van der Waals surface area contributed by atoms with E-state index in [2.05, 4.69) is 60.5 Å². The Morgan fingerprint density at radius 3 is 2.50 bits per heavy atom. The van der Waals surface area contributed by atoms with E-state index in [-0.39, 0.29) is 11.9 Å². The fourth-order valence-corrected chi connectivity index (χ4v) is 3.06. The van der Waals surface area contributed by atoms with E-state index in [4.69, 9.17) is 0 Å². The molecule has 0 aliphatic heterocycles. The van der Waals surface area contributed by atoms with Crippen LogP contribution in [0.15, 0.2) is 42.5 Å². The zero-order chi connectivity index (χ0) is 17.3. The van der Waals surface area contributed by atoms with Gasteiger partial charge in [-0.15, -0.1) is 0 Å². The average Bonchev–Trinajstić information content (AvgIpc) is 2.91. The van der Waals surface area contributed by atoms with Crippen molar-refractivity contribution in [3.05, 3.63) is 70.4 Å². The molecule has 3 aromatic rings. The summed E-state index contributed by atoms with van der Waals surface area (Å²) in [5, 5.41) is 4.21. The normalized spacial score (nSPS) is 12.3. The summed E-state index contributed by atoms with van der Waals surface area (Å²) in [5.74, 6) is -0.0616. The Labute approximate surface area is 143 Å². The maximum Gasteiger partial charge on any atom is 0.268 e. The molecule has 0 saturated heterocycles. The molecule has 3 rings (SSSR count). The van der Waals surface area contributed by atoms with Crippen molar-refractivity contribution in [2.75, 3.05) is 0 Å². The van der Waals surface area contributed by atoms with Gasteiger partial charge in [0.1, 0.15) is 5.69 Å². The zero-order valence-corrected chi connectivity index (χ0v) is 14.7. The first kappa shape index (κ1) is 16.3. The van der Waals surface area contributed by atoms with Crippen molar-refractivity contribution in [3.63, 3.8) is 0 Å². The van der Waals surface area contributed by atoms with Crippen LogP contribution in [0, 0.1) is 13.8 Å². The Balaban J connectivity index is 1.82. The molecular weight excluding hydrogens is 296 g/mol.